The Labute approximate surface area is 89.8 Å². The van der Waals surface area contributed by atoms with Gasteiger partial charge in [-0.1, -0.05) is 18.2 Å². The Morgan fingerprint density at radius 3 is 2.71 bits per heavy atom. The van der Waals surface area contributed by atoms with Gasteiger partial charge in [0, 0.05) is 11.8 Å². The summed E-state index contributed by atoms with van der Waals surface area (Å²) < 4.78 is 5.77. The van der Waals surface area contributed by atoms with E-state index < -0.39 is 6.42 Å². The highest BCUT2D eigenvalue weighted by Gasteiger charge is 2.28. The SMILES string of the molecule is CC1CCP(=S)(Nc2ccccc2)O1. The second-order valence-electron chi connectivity index (χ2n) is 3.58. The van der Waals surface area contributed by atoms with E-state index in [1.54, 1.807) is 0 Å². The zero-order valence-electron chi connectivity index (χ0n) is 8.14. The normalized spacial score (nSPS) is 31.6. The van der Waals surface area contributed by atoms with E-state index >= 15 is 0 Å². The molecule has 14 heavy (non-hydrogen) atoms. The number of anilines is 1. The van der Waals surface area contributed by atoms with E-state index in [9.17, 15) is 0 Å². The number of hydrogen-bond acceptors (Lipinski definition) is 2. The molecule has 1 aromatic rings. The topological polar surface area (TPSA) is 21.3 Å². The van der Waals surface area contributed by atoms with E-state index in [4.69, 9.17) is 16.3 Å². The Kier molecular flexibility index (Phi) is 2.91. The maximum Gasteiger partial charge on any atom is 0.153 e. The minimum Gasteiger partial charge on any atom is -0.337 e. The first-order valence-electron chi connectivity index (χ1n) is 4.79. The van der Waals surface area contributed by atoms with Crippen molar-refractivity contribution in [1.82, 2.24) is 0 Å². The molecule has 0 radical (unpaired) electrons. The largest absolute Gasteiger partial charge is 0.337 e. The number of nitrogens with one attached hydrogen (secondary N) is 1. The van der Waals surface area contributed by atoms with Crippen molar-refractivity contribution in [1.29, 1.82) is 0 Å². The number of benzene rings is 1. The van der Waals surface area contributed by atoms with Crippen LogP contribution < -0.4 is 5.09 Å². The molecule has 0 saturated carbocycles. The average molecular weight is 227 g/mol. The van der Waals surface area contributed by atoms with E-state index in [0.29, 0.717) is 6.10 Å². The highest BCUT2D eigenvalue weighted by molar-refractivity contribution is 8.13. The minimum absolute atomic E-state index is 0.317. The fourth-order valence-corrected chi connectivity index (χ4v) is 4.82. The van der Waals surface area contributed by atoms with Crippen LogP contribution in [-0.4, -0.2) is 12.3 Å². The van der Waals surface area contributed by atoms with Crippen LogP contribution in [0.5, 0.6) is 0 Å². The van der Waals surface area contributed by atoms with Gasteiger partial charge in [-0.3, -0.25) is 0 Å². The van der Waals surface area contributed by atoms with Gasteiger partial charge in [0.2, 0.25) is 0 Å². The van der Waals surface area contributed by atoms with Gasteiger partial charge >= 0.3 is 0 Å². The first-order chi connectivity index (χ1) is 6.68. The Balaban J connectivity index is 2.08. The van der Waals surface area contributed by atoms with E-state index in [0.717, 1.165) is 18.3 Å². The van der Waals surface area contributed by atoms with Gasteiger partial charge in [-0.2, -0.15) is 0 Å². The van der Waals surface area contributed by atoms with Gasteiger partial charge in [-0.05, 0) is 37.3 Å². The molecule has 2 rings (SSSR count). The molecule has 76 valence electrons. The molecule has 4 heteroatoms. The third kappa shape index (κ3) is 2.35. The van der Waals surface area contributed by atoms with Crippen molar-refractivity contribution in [3.8, 4) is 0 Å². The maximum absolute atomic E-state index is 5.77. The van der Waals surface area contributed by atoms with Crippen LogP contribution in [0, 0.1) is 0 Å². The summed E-state index contributed by atoms with van der Waals surface area (Å²) >= 11 is 5.50. The van der Waals surface area contributed by atoms with Crippen LogP contribution in [0.3, 0.4) is 0 Å². The van der Waals surface area contributed by atoms with E-state index in [2.05, 4.69) is 12.0 Å². The second-order valence-corrected chi connectivity index (χ2v) is 7.58. The average Bonchev–Trinajstić information content (AvgIpc) is 2.47. The molecule has 0 bridgehead atoms. The summed E-state index contributed by atoms with van der Waals surface area (Å²) in [6.45, 7) is 2.08. The quantitative estimate of drug-likeness (QED) is 0.784. The molecular formula is C10H14NOPS. The summed E-state index contributed by atoms with van der Waals surface area (Å²) in [5.74, 6) is 0. The summed E-state index contributed by atoms with van der Waals surface area (Å²) in [7, 11) is 0. The highest BCUT2D eigenvalue weighted by atomic mass is 32.4. The molecule has 1 aliphatic heterocycles. The molecular weight excluding hydrogens is 213 g/mol. The lowest BCUT2D eigenvalue weighted by atomic mass is 10.3. The Morgan fingerprint density at radius 1 is 1.43 bits per heavy atom. The molecule has 0 aromatic heterocycles. The third-order valence-corrected chi connectivity index (χ3v) is 5.48. The van der Waals surface area contributed by atoms with Crippen LogP contribution in [0.25, 0.3) is 0 Å². The molecule has 0 aliphatic carbocycles. The summed E-state index contributed by atoms with van der Waals surface area (Å²) in [4.78, 5) is 0. The number of para-hydroxylation sites is 1. The van der Waals surface area contributed by atoms with Crippen molar-refractivity contribution in [2.75, 3.05) is 11.2 Å². The van der Waals surface area contributed by atoms with Crippen molar-refractivity contribution < 1.29 is 4.52 Å². The van der Waals surface area contributed by atoms with Crippen LogP contribution in [0.15, 0.2) is 30.3 Å². The summed E-state index contributed by atoms with van der Waals surface area (Å²) in [6, 6.07) is 10.1. The zero-order valence-corrected chi connectivity index (χ0v) is 9.85. The van der Waals surface area contributed by atoms with Gasteiger partial charge in [-0.15, -0.1) is 0 Å². The van der Waals surface area contributed by atoms with Crippen LogP contribution in [-0.2, 0) is 16.3 Å². The van der Waals surface area contributed by atoms with Gasteiger partial charge in [0.15, 0.2) is 6.42 Å². The van der Waals surface area contributed by atoms with E-state index in [-0.39, 0.29) is 0 Å². The van der Waals surface area contributed by atoms with Crippen molar-refractivity contribution in [2.45, 2.75) is 19.4 Å². The van der Waals surface area contributed by atoms with Gasteiger partial charge < -0.3 is 9.61 Å². The van der Waals surface area contributed by atoms with Crippen LogP contribution in [0.2, 0.25) is 0 Å². The van der Waals surface area contributed by atoms with Crippen molar-refractivity contribution >= 4 is 23.9 Å². The zero-order chi connectivity index (χ0) is 10.0. The molecule has 2 atom stereocenters. The monoisotopic (exact) mass is 227 g/mol. The standard InChI is InChI=1S/C10H14NOPS/c1-9-7-8-13(14,12-9)11-10-5-3-2-4-6-10/h2-6,9H,7-8H2,1H3,(H,11,14). The lowest BCUT2D eigenvalue weighted by Gasteiger charge is -2.18. The molecule has 2 nitrogen and oxygen atoms in total. The van der Waals surface area contributed by atoms with Crippen molar-refractivity contribution in [2.24, 2.45) is 0 Å². The van der Waals surface area contributed by atoms with Crippen LogP contribution in [0.4, 0.5) is 5.69 Å². The molecule has 1 fully saturated rings. The Hall–Kier alpha value is -0.370. The van der Waals surface area contributed by atoms with Gasteiger partial charge in [-0.25, -0.2) is 0 Å². The van der Waals surface area contributed by atoms with Gasteiger partial charge in [0.1, 0.15) is 0 Å². The molecule has 1 aliphatic rings. The fourth-order valence-electron chi connectivity index (χ4n) is 1.54. The summed E-state index contributed by atoms with van der Waals surface area (Å²) in [6.07, 6.45) is 0.631. The molecule has 0 amide bonds. The smallest absolute Gasteiger partial charge is 0.153 e. The molecule has 1 saturated heterocycles. The molecule has 2 unspecified atom stereocenters. The first kappa shape index (κ1) is 10.2. The number of hydrogen-bond donors (Lipinski definition) is 1. The highest BCUT2D eigenvalue weighted by Crippen LogP contribution is 2.53. The fraction of sp³-hybridized carbons (Fsp3) is 0.400. The summed E-state index contributed by atoms with van der Waals surface area (Å²) in [5.41, 5.74) is 1.07. The molecule has 1 heterocycles. The lowest BCUT2D eigenvalue weighted by molar-refractivity contribution is 0.274. The van der Waals surface area contributed by atoms with E-state index in [1.165, 1.54) is 0 Å². The second kappa shape index (κ2) is 4.01. The minimum atomic E-state index is -1.76. The summed E-state index contributed by atoms with van der Waals surface area (Å²) in [5, 5.41) is 3.35. The molecule has 1 aromatic carbocycles. The third-order valence-electron chi connectivity index (χ3n) is 2.25. The molecule has 0 spiro atoms. The van der Waals surface area contributed by atoms with E-state index in [1.807, 2.05) is 30.3 Å². The Morgan fingerprint density at radius 2 is 2.14 bits per heavy atom. The first-order valence-corrected chi connectivity index (χ1v) is 7.69. The van der Waals surface area contributed by atoms with Gasteiger partial charge in [0.05, 0.1) is 6.10 Å². The lowest BCUT2D eigenvalue weighted by Crippen LogP contribution is -1.99. The van der Waals surface area contributed by atoms with Gasteiger partial charge in [0.25, 0.3) is 0 Å². The maximum atomic E-state index is 5.77. The Bertz CT molecular complexity index is 354. The van der Waals surface area contributed by atoms with Crippen LogP contribution >= 0.6 is 6.42 Å². The number of rotatable bonds is 2. The predicted molar refractivity (Wildman–Crippen MR) is 64.4 cm³/mol. The van der Waals surface area contributed by atoms with Crippen LogP contribution in [0.1, 0.15) is 13.3 Å². The van der Waals surface area contributed by atoms with Crippen molar-refractivity contribution in [3.05, 3.63) is 30.3 Å². The molecule has 1 N–H and O–H groups in total. The van der Waals surface area contributed by atoms with Crippen molar-refractivity contribution in [3.63, 3.8) is 0 Å². The predicted octanol–water partition coefficient (Wildman–Crippen LogP) is 3.22.